The van der Waals surface area contributed by atoms with Crippen molar-refractivity contribution in [3.8, 4) is 11.5 Å². The number of anilines is 1. The number of carbonyl (C=O) groups excluding carboxylic acids is 2. The van der Waals surface area contributed by atoms with Crippen molar-refractivity contribution in [2.24, 2.45) is 0 Å². The summed E-state index contributed by atoms with van der Waals surface area (Å²) in [7, 11) is 4.54. The van der Waals surface area contributed by atoms with Crippen molar-refractivity contribution in [3.63, 3.8) is 0 Å². The van der Waals surface area contributed by atoms with Crippen molar-refractivity contribution in [1.29, 1.82) is 0 Å². The van der Waals surface area contributed by atoms with Crippen molar-refractivity contribution in [2.45, 2.75) is 19.9 Å². The first kappa shape index (κ1) is 16.6. The molecule has 0 unspecified atom stereocenters. The van der Waals surface area contributed by atoms with E-state index in [1.807, 2.05) is 13.0 Å². The van der Waals surface area contributed by atoms with Crippen LogP contribution in [0.4, 0.5) is 10.5 Å². The molecule has 21 heavy (non-hydrogen) atoms. The van der Waals surface area contributed by atoms with E-state index in [9.17, 15) is 9.59 Å². The molecule has 0 heterocycles. The Morgan fingerprint density at radius 2 is 1.71 bits per heavy atom. The molecule has 1 aromatic rings. The highest BCUT2D eigenvalue weighted by Gasteiger charge is 2.17. The molecule has 0 saturated heterocycles. The van der Waals surface area contributed by atoms with Gasteiger partial charge in [0.05, 0.1) is 14.2 Å². The molecule has 0 aromatic heterocycles. The molecule has 1 rings (SSSR count). The molecular formula is C14H21N3O4. The lowest BCUT2D eigenvalue weighted by molar-refractivity contribution is -0.120. The standard InChI is InChI=1S/C14H21N3O4/c1-8-6-11(20-4)12(21-5)7-10(8)16-9(2)13(18)17-14(19)15-3/h6-7,9,16H,1-5H3,(H2,15,17,18,19)/t9-/m0/s1. The summed E-state index contributed by atoms with van der Waals surface area (Å²) in [6, 6.07) is 2.43. The molecule has 7 heteroatoms. The third kappa shape index (κ3) is 4.27. The second-order valence-electron chi connectivity index (χ2n) is 4.46. The van der Waals surface area contributed by atoms with Gasteiger partial charge in [0.1, 0.15) is 6.04 Å². The fraction of sp³-hybridized carbons (Fsp3) is 0.429. The Labute approximate surface area is 124 Å². The van der Waals surface area contributed by atoms with Gasteiger partial charge in [0.25, 0.3) is 0 Å². The quantitative estimate of drug-likeness (QED) is 0.761. The number of hydrogen-bond donors (Lipinski definition) is 3. The van der Waals surface area contributed by atoms with E-state index < -0.39 is 18.0 Å². The van der Waals surface area contributed by atoms with Crippen LogP contribution in [0.25, 0.3) is 0 Å². The Kier molecular flexibility index (Phi) is 5.83. The number of aryl methyl sites for hydroxylation is 1. The Balaban J connectivity index is 2.87. The second-order valence-corrected chi connectivity index (χ2v) is 4.46. The fourth-order valence-electron chi connectivity index (χ4n) is 1.72. The average molecular weight is 295 g/mol. The lowest BCUT2D eigenvalue weighted by Gasteiger charge is -2.18. The number of ether oxygens (including phenoxy) is 2. The van der Waals surface area contributed by atoms with Crippen LogP contribution < -0.4 is 25.4 Å². The van der Waals surface area contributed by atoms with Crippen molar-refractivity contribution >= 4 is 17.6 Å². The van der Waals surface area contributed by atoms with Crippen LogP contribution in [0.5, 0.6) is 11.5 Å². The van der Waals surface area contributed by atoms with Crippen LogP contribution in [0.1, 0.15) is 12.5 Å². The van der Waals surface area contributed by atoms with Gasteiger partial charge in [0, 0.05) is 18.8 Å². The molecule has 3 N–H and O–H groups in total. The lowest BCUT2D eigenvalue weighted by atomic mass is 10.1. The van der Waals surface area contributed by atoms with E-state index >= 15 is 0 Å². The molecular weight excluding hydrogens is 274 g/mol. The maximum atomic E-state index is 11.8. The van der Waals surface area contributed by atoms with Crippen molar-refractivity contribution < 1.29 is 19.1 Å². The number of imide groups is 1. The monoisotopic (exact) mass is 295 g/mol. The zero-order chi connectivity index (χ0) is 16.0. The average Bonchev–Trinajstić information content (AvgIpc) is 2.48. The predicted octanol–water partition coefficient (Wildman–Crippen LogP) is 1.27. The van der Waals surface area contributed by atoms with Crippen LogP contribution in [0.3, 0.4) is 0 Å². The van der Waals surface area contributed by atoms with Gasteiger partial charge in [-0.15, -0.1) is 0 Å². The van der Waals surface area contributed by atoms with Gasteiger partial charge >= 0.3 is 6.03 Å². The maximum Gasteiger partial charge on any atom is 0.321 e. The van der Waals surface area contributed by atoms with Gasteiger partial charge < -0.3 is 20.1 Å². The Bertz CT molecular complexity index is 531. The van der Waals surface area contributed by atoms with Crippen molar-refractivity contribution in [3.05, 3.63) is 17.7 Å². The summed E-state index contributed by atoms with van der Waals surface area (Å²) in [6.45, 7) is 3.54. The molecule has 116 valence electrons. The topological polar surface area (TPSA) is 88.7 Å². The highest BCUT2D eigenvalue weighted by Crippen LogP contribution is 2.33. The van der Waals surface area contributed by atoms with Gasteiger partial charge in [-0.2, -0.15) is 0 Å². The molecule has 0 saturated carbocycles. The minimum Gasteiger partial charge on any atom is -0.493 e. The van der Waals surface area contributed by atoms with E-state index in [4.69, 9.17) is 9.47 Å². The van der Waals surface area contributed by atoms with Gasteiger partial charge in [0.2, 0.25) is 5.91 Å². The highest BCUT2D eigenvalue weighted by atomic mass is 16.5. The van der Waals surface area contributed by atoms with Gasteiger partial charge in [-0.1, -0.05) is 0 Å². The number of amides is 3. The first-order valence-electron chi connectivity index (χ1n) is 6.44. The summed E-state index contributed by atoms with van der Waals surface area (Å²) in [5.74, 6) is 0.746. The number of benzene rings is 1. The highest BCUT2D eigenvalue weighted by molar-refractivity contribution is 5.97. The van der Waals surface area contributed by atoms with E-state index in [0.29, 0.717) is 11.5 Å². The van der Waals surface area contributed by atoms with Gasteiger partial charge in [-0.3, -0.25) is 10.1 Å². The number of methoxy groups -OCH3 is 2. The number of urea groups is 1. The SMILES string of the molecule is CNC(=O)NC(=O)[C@H](C)Nc1cc(OC)c(OC)cc1C. The molecule has 3 amide bonds. The fourth-order valence-corrected chi connectivity index (χ4v) is 1.72. The molecule has 1 atom stereocenters. The van der Waals surface area contributed by atoms with E-state index in [2.05, 4.69) is 16.0 Å². The first-order valence-corrected chi connectivity index (χ1v) is 6.44. The summed E-state index contributed by atoms with van der Waals surface area (Å²) >= 11 is 0. The first-order chi connectivity index (χ1) is 9.92. The molecule has 0 aliphatic rings. The summed E-state index contributed by atoms with van der Waals surface area (Å²) < 4.78 is 10.4. The normalized spacial score (nSPS) is 11.3. The third-order valence-corrected chi connectivity index (χ3v) is 2.96. The van der Waals surface area contributed by atoms with E-state index in [1.54, 1.807) is 27.2 Å². The maximum absolute atomic E-state index is 11.8. The third-order valence-electron chi connectivity index (χ3n) is 2.96. The summed E-state index contributed by atoms with van der Waals surface area (Å²) in [6.07, 6.45) is 0. The largest absolute Gasteiger partial charge is 0.493 e. The lowest BCUT2D eigenvalue weighted by Crippen LogP contribution is -2.44. The Morgan fingerprint density at radius 1 is 1.14 bits per heavy atom. The van der Waals surface area contributed by atoms with Crippen LogP contribution in [0.2, 0.25) is 0 Å². The number of rotatable bonds is 5. The Hall–Kier alpha value is -2.44. The molecule has 0 radical (unpaired) electrons. The van der Waals surface area contributed by atoms with E-state index in [0.717, 1.165) is 11.3 Å². The summed E-state index contributed by atoms with van der Waals surface area (Å²) in [5, 5.41) is 7.57. The molecule has 0 spiro atoms. The number of carbonyl (C=O) groups is 2. The molecule has 0 fully saturated rings. The van der Waals surface area contributed by atoms with Crippen LogP contribution in [0.15, 0.2) is 12.1 Å². The van der Waals surface area contributed by atoms with Crippen molar-refractivity contribution in [2.75, 3.05) is 26.6 Å². The van der Waals surface area contributed by atoms with Gasteiger partial charge in [-0.05, 0) is 25.5 Å². The summed E-state index contributed by atoms with van der Waals surface area (Å²) in [4.78, 5) is 22.9. The smallest absolute Gasteiger partial charge is 0.321 e. The zero-order valence-corrected chi connectivity index (χ0v) is 12.9. The minimum absolute atomic E-state index is 0.427. The van der Waals surface area contributed by atoms with Gasteiger partial charge in [-0.25, -0.2) is 4.79 Å². The number of hydrogen-bond acceptors (Lipinski definition) is 5. The van der Waals surface area contributed by atoms with E-state index in [1.165, 1.54) is 7.05 Å². The van der Waals surface area contributed by atoms with E-state index in [-0.39, 0.29) is 0 Å². The summed E-state index contributed by atoms with van der Waals surface area (Å²) in [5.41, 5.74) is 1.62. The van der Waals surface area contributed by atoms with Gasteiger partial charge in [0.15, 0.2) is 11.5 Å². The zero-order valence-electron chi connectivity index (χ0n) is 12.9. The minimum atomic E-state index is -0.584. The van der Waals surface area contributed by atoms with Crippen LogP contribution in [0, 0.1) is 6.92 Å². The molecule has 0 aliphatic heterocycles. The van der Waals surface area contributed by atoms with Crippen LogP contribution in [-0.4, -0.2) is 39.2 Å². The molecule has 0 bridgehead atoms. The Morgan fingerprint density at radius 3 is 2.24 bits per heavy atom. The van der Waals surface area contributed by atoms with Crippen molar-refractivity contribution in [1.82, 2.24) is 10.6 Å². The molecule has 1 aromatic carbocycles. The van der Waals surface area contributed by atoms with Crippen LogP contribution in [-0.2, 0) is 4.79 Å². The second kappa shape index (κ2) is 7.37. The molecule has 7 nitrogen and oxygen atoms in total. The molecule has 0 aliphatic carbocycles. The predicted molar refractivity (Wildman–Crippen MR) is 80.0 cm³/mol. The number of nitrogens with one attached hydrogen (secondary N) is 3. The van der Waals surface area contributed by atoms with Crippen LogP contribution >= 0.6 is 0 Å².